The highest BCUT2D eigenvalue weighted by Crippen LogP contribution is 2.20. The Kier molecular flexibility index (Phi) is 2.46. The molecule has 0 aliphatic carbocycles. The molecule has 0 aliphatic rings. The van der Waals surface area contributed by atoms with Crippen LogP contribution in [0, 0.1) is 5.41 Å². The van der Waals surface area contributed by atoms with Gasteiger partial charge in [-0.1, -0.05) is 30.3 Å². The molecule has 0 radical (unpaired) electrons. The zero-order valence-electron chi connectivity index (χ0n) is 8.14. The van der Waals surface area contributed by atoms with Gasteiger partial charge in [0, 0.05) is 23.5 Å². The van der Waals surface area contributed by atoms with Crippen LogP contribution in [-0.2, 0) is 0 Å². The van der Waals surface area contributed by atoms with Crippen molar-refractivity contribution in [2.24, 2.45) is 0 Å². The molecule has 0 fully saturated rings. The maximum atomic E-state index is 7.20. The molecule has 0 amide bonds. The number of hydrogen-bond acceptors (Lipinski definition) is 3. The van der Waals surface area contributed by atoms with E-state index in [2.05, 4.69) is 4.98 Å². The van der Waals surface area contributed by atoms with E-state index in [1.165, 1.54) is 6.21 Å². The van der Waals surface area contributed by atoms with Crippen molar-refractivity contribution in [1.29, 1.82) is 5.41 Å². The molecule has 0 unspecified atom stereocenters. The van der Waals surface area contributed by atoms with Crippen molar-refractivity contribution >= 4 is 12.0 Å². The molecule has 74 valence electrons. The zero-order valence-corrected chi connectivity index (χ0v) is 8.14. The first-order chi connectivity index (χ1) is 7.31. The third kappa shape index (κ3) is 1.86. The maximum absolute atomic E-state index is 7.20. The summed E-state index contributed by atoms with van der Waals surface area (Å²) >= 11 is 0. The summed E-state index contributed by atoms with van der Waals surface area (Å²) < 4.78 is 0. The number of anilines is 1. The molecule has 15 heavy (non-hydrogen) atoms. The van der Waals surface area contributed by atoms with Crippen molar-refractivity contribution in [2.45, 2.75) is 0 Å². The van der Waals surface area contributed by atoms with E-state index in [4.69, 9.17) is 11.1 Å². The number of benzene rings is 1. The van der Waals surface area contributed by atoms with Crippen LogP contribution in [0.1, 0.15) is 5.56 Å². The van der Waals surface area contributed by atoms with E-state index in [9.17, 15) is 0 Å². The number of nitrogens with one attached hydrogen (secondary N) is 1. The van der Waals surface area contributed by atoms with E-state index < -0.39 is 0 Å². The van der Waals surface area contributed by atoms with Crippen LogP contribution in [-0.4, -0.2) is 11.2 Å². The molecule has 0 spiro atoms. The average molecular weight is 197 g/mol. The Morgan fingerprint density at radius 1 is 1.13 bits per heavy atom. The fraction of sp³-hybridized carbons (Fsp3) is 0. The van der Waals surface area contributed by atoms with Crippen molar-refractivity contribution in [1.82, 2.24) is 4.98 Å². The Hall–Kier alpha value is -2.16. The minimum absolute atomic E-state index is 0.393. The fourth-order valence-electron chi connectivity index (χ4n) is 1.40. The van der Waals surface area contributed by atoms with Gasteiger partial charge in [0.1, 0.15) is 5.82 Å². The molecule has 0 bridgehead atoms. The third-order valence-corrected chi connectivity index (χ3v) is 2.21. The maximum Gasteiger partial charge on any atom is 0.132 e. The van der Waals surface area contributed by atoms with Crippen LogP contribution in [0.2, 0.25) is 0 Å². The second-order valence-electron chi connectivity index (χ2n) is 3.21. The van der Waals surface area contributed by atoms with Gasteiger partial charge in [-0.3, -0.25) is 0 Å². The summed E-state index contributed by atoms with van der Waals surface area (Å²) in [6.07, 6.45) is 2.94. The van der Waals surface area contributed by atoms with Crippen LogP contribution in [0.4, 0.5) is 5.82 Å². The lowest BCUT2D eigenvalue weighted by Gasteiger charge is -2.03. The van der Waals surface area contributed by atoms with Gasteiger partial charge < -0.3 is 11.1 Å². The first-order valence-corrected chi connectivity index (χ1v) is 4.62. The van der Waals surface area contributed by atoms with E-state index in [0.717, 1.165) is 11.1 Å². The highest BCUT2D eigenvalue weighted by Gasteiger charge is 2.01. The number of nitrogens with two attached hydrogens (primary N) is 1. The summed E-state index contributed by atoms with van der Waals surface area (Å²) in [5.74, 6) is 0.393. The normalized spacial score (nSPS) is 9.87. The predicted molar refractivity (Wildman–Crippen MR) is 62.0 cm³/mol. The number of aromatic nitrogens is 1. The van der Waals surface area contributed by atoms with E-state index >= 15 is 0 Å². The quantitative estimate of drug-likeness (QED) is 0.726. The Morgan fingerprint density at radius 2 is 1.87 bits per heavy atom. The minimum Gasteiger partial charge on any atom is -0.383 e. The molecule has 1 heterocycles. The molecule has 3 N–H and O–H groups in total. The SMILES string of the molecule is N=Cc1cc(-c2ccccc2)cnc1N. The summed E-state index contributed by atoms with van der Waals surface area (Å²) in [6.45, 7) is 0. The molecular weight excluding hydrogens is 186 g/mol. The molecular formula is C12H11N3. The molecule has 2 aromatic rings. The lowest BCUT2D eigenvalue weighted by molar-refractivity contribution is 1.32. The summed E-state index contributed by atoms with van der Waals surface area (Å²) in [7, 11) is 0. The summed E-state index contributed by atoms with van der Waals surface area (Å²) in [4.78, 5) is 4.05. The van der Waals surface area contributed by atoms with Gasteiger partial charge in [0.05, 0.1) is 0 Å². The fourth-order valence-corrected chi connectivity index (χ4v) is 1.40. The molecule has 3 nitrogen and oxygen atoms in total. The van der Waals surface area contributed by atoms with E-state index in [1.807, 2.05) is 36.4 Å². The van der Waals surface area contributed by atoms with Gasteiger partial charge in [-0.2, -0.15) is 0 Å². The Balaban J connectivity index is 2.51. The third-order valence-electron chi connectivity index (χ3n) is 2.21. The highest BCUT2D eigenvalue weighted by atomic mass is 14.8. The van der Waals surface area contributed by atoms with Crippen LogP contribution < -0.4 is 5.73 Å². The van der Waals surface area contributed by atoms with Gasteiger partial charge in [-0.05, 0) is 11.6 Å². The number of pyridine rings is 1. The number of rotatable bonds is 2. The standard InChI is InChI=1S/C12H11N3/c13-7-10-6-11(8-15-12(10)14)9-4-2-1-3-5-9/h1-8,13H,(H2,14,15). The first-order valence-electron chi connectivity index (χ1n) is 4.62. The van der Waals surface area contributed by atoms with Gasteiger partial charge in [-0.15, -0.1) is 0 Å². The van der Waals surface area contributed by atoms with Crippen molar-refractivity contribution < 1.29 is 0 Å². The van der Waals surface area contributed by atoms with Gasteiger partial charge in [0.15, 0.2) is 0 Å². The minimum atomic E-state index is 0.393. The average Bonchev–Trinajstić information content (AvgIpc) is 2.31. The van der Waals surface area contributed by atoms with E-state index in [-0.39, 0.29) is 0 Å². The summed E-state index contributed by atoms with van der Waals surface area (Å²) in [5, 5.41) is 7.20. The van der Waals surface area contributed by atoms with Gasteiger partial charge in [0.2, 0.25) is 0 Å². The molecule has 2 rings (SSSR count). The van der Waals surface area contributed by atoms with Crippen molar-refractivity contribution in [3.63, 3.8) is 0 Å². The summed E-state index contributed by atoms with van der Waals surface area (Å²) in [6, 6.07) is 11.8. The lowest BCUT2D eigenvalue weighted by Crippen LogP contribution is -1.96. The number of hydrogen-bond donors (Lipinski definition) is 2. The molecule has 1 aromatic heterocycles. The molecule has 1 aromatic carbocycles. The number of nitrogen functional groups attached to an aromatic ring is 1. The Labute approximate surface area is 88.1 Å². The number of nitrogens with zero attached hydrogens (tertiary/aromatic N) is 1. The topological polar surface area (TPSA) is 62.8 Å². The monoisotopic (exact) mass is 197 g/mol. The van der Waals surface area contributed by atoms with Crippen molar-refractivity contribution in [3.8, 4) is 11.1 Å². The van der Waals surface area contributed by atoms with Gasteiger partial charge in [-0.25, -0.2) is 4.98 Å². The summed E-state index contributed by atoms with van der Waals surface area (Å²) in [5.41, 5.74) is 8.32. The lowest BCUT2D eigenvalue weighted by atomic mass is 10.1. The largest absolute Gasteiger partial charge is 0.383 e. The van der Waals surface area contributed by atoms with Crippen molar-refractivity contribution in [3.05, 3.63) is 48.2 Å². The van der Waals surface area contributed by atoms with Crippen molar-refractivity contribution in [2.75, 3.05) is 5.73 Å². The van der Waals surface area contributed by atoms with Crippen LogP contribution in [0.25, 0.3) is 11.1 Å². The van der Waals surface area contributed by atoms with E-state index in [1.54, 1.807) is 6.20 Å². The van der Waals surface area contributed by atoms with Crippen LogP contribution >= 0.6 is 0 Å². The van der Waals surface area contributed by atoms with Gasteiger partial charge in [0.25, 0.3) is 0 Å². The zero-order chi connectivity index (χ0) is 10.7. The Bertz CT molecular complexity index is 477. The first kappa shape index (κ1) is 9.40. The van der Waals surface area contributed by atoms with Crippen LogP contribution in [0.5, 0.6) is 0 Å². The molecule has 0 saturated carbocycles. The molecule has 0 aliphatic heterocycles. The molecule has 0 saturated heterocycles. The van der Waals surface area contributed by atoms with Gasteiger partial charge >= 0.3 is 0 Å². The van der Waals surface area contributed by atoms with Crippen LogP contribution in [0.3, 0.4) is 0 Å². The van der Waals surface area contributed by atoms with E-state index in [0.29, 0.717) is 11.4 Å². The molecule has 3 heteroatoms. The smallest absolute Gasteiger partial charge is 0.132 e. The Morgan fingerprint density at radius 3 is 2.53 bits per heavy atom. The molecule has 0 atom stereocenters. The van der Waals surface area contributed by atoms with Crippen LogP contribution in [0.15, 0.2) is 42.6 Å². The second-order valence-corrected chi connectivity index (χ2v) is 3.21. The highest BCUT2D eigenvalue weighted by molar-refractivity contribution is 5.85. The second kappa shape index (κ2) is 3.92. The predicted octanol–water partition coefficient (Wildman–Crippen LogP) is 2.33.